The molecule has 0 saturated heterocycles. The van der Waals surface area contributed by atoms with E-state index in [1.54, 1.807) is 0 Å². The van der Waals surface area contributed by atoms with Gasteiger partial charge in [0.05, 0.1) is 16.7 Å². The maximum Gasteiger partial charge on any atom is 0.0716 e. The van der Waals surface area contributed by atoms with Crippen LogP contribution in [0.1, 0.15) is 0 Å². The number of rotatable bonds is 2. The van der Waals surface area contributed by atoms with Crippen molar-refractivity contribution < 1.29 is 0 Å². The zero-order valence-corrected chi connectivity index (χ0v) is 13.8. The summed E-state index contributed by atoms with van der Waals surface area (Å²) in [6.45, 7) is 0. The third kappa shape index (κ3) is 1.93. The fraction of sp³-hybridized carbons (Fsp3) is 0.0526. The van der Waals surface area contributed by atoms with Crippen LogP contribution in [0.25, 0.3) is 21.8 Å². The van der Waals surface area contributed by atoms with Crippen molar-refractivity contribution in [2.75, 3.05) is 12.1 Å². The molecule has 108 valence electrons. The van der Waals surface area contributed by atoms with E-state index in [1.165, 1.54) is 21.8 Å². The van der Waals surface area contributed by atoms with Crippen molar-refractivity contribution in [2.24, 2.45) is 0 Å². The average Bonchev–Trinajstić information content (AvgIpc) is 2.89. The van der Waals surface area contributed by atoms with Gasteiger partial charge in [-0.1, -0.05) is 48.5 Å². The summed E-state index contributed by atoms with van der Waals surface area (Å²) in [5, 5.41) is 4.74. The van der Waals surface area contributed by atoms with Gasteiger partial charge in [-0.2, -0.15) is 0 Å². The van der Waals surface area contributed by atoms with Crippen LogP contribution in [0.2, 0.25) is 0 Å². The zero-order valence-electron chi connectivity index (χ0n) is 12.2. The van der Waals surface area contributed by atoms with E-state index < -0.39 is 0 Å². The van der Waals surface area contributed by atoms with Crippen LogP contribution in [-0.4, -0.2) is 11.7 Å². The van der Waals surface area contributed by atoms with Crippen LogP contribution in [0, 0.1) is 0 Å². The number of nitrogens with zero attached hydrogens (tertiary/aromatic N) is 2. The molecule has 3 heteroatoms. The Bertz CT molecular complexity index is 918. The molecule has 22 heavy (non-hydrogen) atoms. The van der Waals surface area contributed by atoms with Crippen molar-refractivity contribution in [3.05, 3.63) is 77.3 Å². The molecule has 0 aliphatic carbocycles. The summed E-state index contributed by atoms with van der Waals surface area (Å²) in [5.74, 6) is 0. The second-order valence-corrected chi connectivity index (χ2v) is 6.18. The first-order valence-corrected chi connectivity index (χ1v) is 8.03. The third-order valence-electron chi connectivity index (χ3n) is 4.06. The molecule has 0 radical (unpaired) electrons. The molecule has 4 aromatic rings. The van der Waals surface area contributed by atoms with Crippen LogP contribution >= 0.6 is 15.9 Å². The van der Waals surface area contributed by atoms with Gasteiger partial charge in [0.1, 0.15) is 0 Å². The number of para-hydroxylation sites is 3. The van der Waals surface area contributed by atoms with Crippen LogP contribution in [0.15, 0.2) is 77.3 Å². The van der Waals surface area contributed by atoms with E-state index in [0.29, 0.717) is 0 Å². The van der Waals surface area contributed by atoms with Crippen molar-refractivity contribution in [2.45, 2.75) is 0 Å². The molecule has 0 fully saturated rings. The van der Waals surface area contributed by atoms with Gasteiger partial charge in [-0.25, -0.2) is 0 Å². The second kappa shape index (κ2) is 5.18. The van der Waals surface area contributed by atoms with Crippen LogP contribution in [-0.2, 0) is 0 Å². The first-order chi connectivity index (χ1) is 10.8. The Morgan fingerprint density at radius 3 is 1.82 bits per heavy atom. The van der Waals surface area contributed by atoms with Crippen LogP contribution in [0.3, 0.4) is 0 Å². The van der Waals surface area contributed by atoms with E-state index in [2.05, 4.69) is 99.4 Å². The largest absolute Gasteiger partial charge is 0.283 e. The van der Waals surface area contributed by atoms with Gasteiger partial charge >= 0.3 is 0 Å². The van der Waals surface area contributed by atoms with E-state index in [1.807, 2.05) is 6.07 Å². The van der Waals surface area contributed by atoms with E-state index in [9.17, 15) is 0 Å². The highest BCUT2D eigenvalue weighted by atomic mass is 79.9. The maximum absolute atomic E-state index is 3.66. The fourth-order valence-electron chi connectivity index (χ4n) is 3.05. The highest BCUT2D eigenvalue weighted by Gasteiger charge is 2.14. The average molecular weight is 351 g/mol. The molecular formula is C19H15BrN2. The topological polar surface area (TPSA) is 8.17 Å². The number of fused-ring (bicyclic) bond motifs is 3. The highest BCUT2D eigenvalue weighted by Crippen LogP contribution is 2.32. The van der Waals surface area contributed by atoms with Crippen LogP contribution < -0.4 is 5.01 Å². The molecule has 0 amide bonds. The number of aromatic nitrogens is 1. The summed E-state index contributed by atoms with van der Waals surface area (Å²) >= 11 is 3.66. The lowest BCUT2D eigenvalue weighted by molar-refractivity contribution is 0.835. The lowest BCUT2D eigenvalue weighted by Crippen LogP contribution is -2.24. The minimum absolute atomic E-state index is 1.08. The molecule has 4 rings (SSSR count). The Kier molecular flexibility index (Phi) is 3.16. The highest BCUT2D eigenvalue weighted by molar-refractivity contribution is 9.10. The predicted molar refractivity (Wildman–Crippen MR) is 97.4 cm³/mol. The number of hydrogen-bond donors (Lipinski definition) is 0. The van der Waals surface area contributed by atoms with E-state index in [-0.39, 0.29) is 0 Å². The lowest BCUT2D eigenvalue weighted by Gasteiger charge is -2.24. The summed E-state index contributed by atoms with van der Waals surface area (Å²) in [5.41, 5.74) is 3.55. The number of halogens is 1. The summed E-state index contributed by atoms with van der Waals surface area (Å²) in [6.07, 6.45) is 0. The molecule has 2 nitrogen and oxygen atoms in total. The van der Waals surface area contributed by atoms with Gasteiger partial charge in [0.25, 0.3) is 0 Å². The quantitative estimate of drug-likeness (QED) is 0.466. The Hall–Kier alpha value is -2.26. The van der Waals surface area contributed by atoms with Crippen molar-refractivity contribution in [3.63, 3.8) is 0 Å². The van der Waals surface area contributed by atoms with Gasteiger partial charge in [-0.15, -0.1) is 0 Å². The number of hydrogen-bond acceptors (Lipinski definition) is 1. The zero-order chi connectivity index (χ0) is 15.1. The predicted octanol–water partition coefficient (Wildman–Crippen LogP) is 5.46. The van der Waals surface area contributed by atoms with Crippen LogP contribution in [0.5, 0.6) is 0 Å². The Balaban J connectivity index is 2.07. The van der Waals surface area contributed by atoms with E-state index in [0.717, 1.165) is 10.2 Å². The summed E-state index contributed by atoms with van der Waals surface area (Å²) in [6, 6.07) is 25.4. The smallest absolute Gasteiger partial charge is 0.0716 e. The molecule has 0 atom stereocenters. The van der Waals surface area contributed by atoms with Crippen molar-refractivity contribution >= 4 is 43.4 Å². The molecule has 0 aliphatic rings. The summed E-state index contributed by atoms with van der Waals surface area (Å²) in [7, 11) is 2.10. The van der Waals surface area contributed by atoms with Gasteiger partial charge in [0.15, 0.2) is 0 Å². The number of anilines is 1. The van der Waals surface area contributed by atoms with Crippen LogP contribution in [0.4, 0.5) is 5.69 Å². The molecule has 1 aromatic heterocycles. The molecule has 0 aliphatic heterocycles. The normalized spacial score (nSPS) is 11.2. The van der Waals surface area contributed by atoms with E-state index in [4.69, 9.17) is 0 Å². The first-order valence-electron chi connectivity index (χ1n) is 7.24. The minimum Gasteiger partial charge on any atom is -0.283 e. The molecule has 0 bridgehead atoms. The van der Waals surface area contributed by atoms with Crippen molar-refractivity contribution in [3.8, 4) is 0 Å². The molecule has 0 spiro atoms. The lowest BCUT2D eigenvalue weighted by atomic mass is 10.2. The molecule has 0 N–H and O–H groups in total. The molecule has 0 unspecified atom stereocenters. The molecule has 0 saturated carbocycles. The monoisotopic (exact) mass is 350 g/mol. The number of benzene rings is 3. The van der Waals surface area contributed by atoms with Crippen molar-refractivity contribution in [1.82, 2.24) is 4.68 Å². The summed E-state index contributed by atoms with van der Waals surface area (Å²) in [4.78, 5) is 0. The Labute approximate surface area is 137 Å². The van der Waals surface area contributed by atoms with Gasteiger partial charge in [-0.05, 0) is 40.2 Å². The molecule has 1 heterocycles. The minimum atomic E-state index is 1.08. The van der Waals surface area contributed by atoms with Gasteiger partial charge in [-0.3, -0.25) is 9.69 Å². The Morgan fingerprint density at radius 1 is 0.727 bits per heavy atom. The molecule has 3 aromatic carbocycles. The Morgan fingerprint density at radius 2 is 1.23 bits per heavy atom. The maximum atomic E-state index is 3.66. The van der Waals surface area contributed by atoms with Gasteiger partial charge < -0.3 is 0 Å². The SMILES string of the molecule is CN(c1ccccc1Br)n1c2ccccc2c2ccccc21. The van der Waals surface area contributed by atoms with E-state index >= 15 is 0 Å². The molecular weight excluding hydrogens is 336 g/mol. The fourth-order valence-corrected chi connectivity index (χ4v) is 3.59. The first kappa shape index (κ1) is 13.4. The van der Waals surface area contributed by atoms with Crippen molar-refractivity contribution in [1.29, 1.82) is 0 Å². The third-order valence-corrected chi connectivity index (χ3v) is 4.73. The van der Waals surface area contributed by atoms with Gasteiger partial charge in [0, 0.05) is 22.3 Å². The standard InChI is InChI=1S/C19H15BrN2/c1-21(19-13-7-4-10-16(19)20)22-17-11-5-2-8-14(17)15-9-3-6-12-18(15)22/h2-13H,1H3. The second-order valence-electron chi connectivity index (χ2n) is 5.32. The van der Waals surface area contributed by atoms with Gasteiger partial charge in [0.2, 0.25) is 0 Å². The summed E-state index contributed by atoms with van der Waals surface area (Å²) < 4.78 is 3.35.